The summed E-state index contributed by atoms with van der Waals surface area (Å²) in [6.45, 7) is 6.55. The van der Waals surface area contributed by atoms with Crippen LogP contribution < -0.4 is 0 Å². The second kappa shape index (κ2) is 4.75. The Morgan fingerprint density at radius 2 is 2.25 bits per heavy atom. The molecule has 90 valence electrons. The number of aliphatic hydroxyl groups is 1. The van der Waals surface area contributed by atoms with Crippen LogP contribution in [0, 0.1) is 18.3 Å². The molecule has 1 fully saturated rings. The molecule has 1 N–H and O–H groups in total. The van der Waals surface area contributed by atoms with E-state index in [1.165, 1.54) is 0 Å². The van der Waals surface area contributed by atoms with Gasteiger partial charge in [-0.3, -0.25) is 0 Å². The Balaban J connectivity index is 2.48. The zero-order valence-corrected chi connectivity index (χ0v) is 10.1. The van der Waals surface area contributed by atoms with Crippen molar-refractivity contribution in [3.05, 3.63) is 0 Å². The molecule has 2 atom stereocenters. The zero-order valence-electron chi connectivity index (χ0n) is 10.1. The minimum absolute atomic E-state index is 0.0301. The first kappa shape index (κ1) is 12.9. The van der Waals surface area contributed by atoms with Gasteiger partial charge in [-0.25, -0.2) is 4.79 Å². The molecule has 0 aromatic heterocycles. The Labute approximate surface area is 96.6 Å². The number of likely N-dealkylation sites (tertiary alicyclic amines) is 1. The van der Waals surface area contributed by atoms with Crippen molar-refractivity contribution in [2.45, 2.75) is 38.9 Å². The quantitative estimate of drug-likeness (QED) is 0.683. The molecule has 0 saturated carbocycles. The summed E-state index contributed by atoms with van der Waals surface area (Å²) in [4.78, 5) is 13.3. The van der Waals surface area contributed by atoms with Gasteiger partial charge < -0.3 is 14.7 Å². The average molecular weight is 225 g/mol. The van der Waals surface area contributed by atoms with Crippen LogP contribution in [0.4, 0.5) is 4.79 Å². The molecular formula is C12H19NO3. The predicted octanol–water partition coefficient (Wildman–Crippen LogP) is 1.24. The van der Waals surface area contributed by atoms with E-state index in [-0.39, 0.29) is 12.0 Å². The number of ether oxygens (including phenoxy) is 1. The van der Waals surface area contributed by atoms with Gasteiger partial charge in [-0.1, -0.05) is 5.92 Å². The van der Waals surface area contributed by atoms with Gasteiger partial charge in [0.1, 0.15) is 11.7 Å². The summed E-state index contributed by atoms with van der Waals surface area (Å²) in [5.74, 6) is 2.26. The zero-order chi connectivity index (χ0) is 12.3. The maximum atomic E-state index is 11.7. The highest BCUT2D eigenvalue weighted by Crippen LogP contribution is 2.21. The third-order valence-electron chi connectivity index (χ3n) is 2.49. The molecule has 0 aliphatic carbocycles. The topological polar surface area (TPSA) is 49.8 Å². The van der Waals surface area contributed by atoms with Gasteiger partial charge in [-0.05, 0) is 27.2 Å². The van der Waals surface area contributed by atoms with E-state index in [1.54, 1.807) is 4.90 Å². The van der Waals surface area contributed by atoms with E-state index in [0.717, 1.165) is 6.42 Å². The van der Waals surface area contributed by atoms with Crippen molar-refractivity contribution in [1.29, 1.82) is 0 Å². The second-order valence-electron chi connectivity index (χ2n) is 5.09. The summed E-state index contributed by atoms with van der Waals surface area (Å²) in [7, 11) is 0. The van der Waals surface area contributed by atoms with E-state index in [9.17, 15) is 9.90 Å². The number of carbonyl (C=O) groups is 1. The summed E-state index contributed by atoms with van der Waals surface area (Å²) in [5, 5.41) is 9.47. The SMILES string of the molecule is C#C[C@@H](O)C1CCN(C(=O)OC(C)(C)C)C1. The number of carbonyl (C=O) groups excluding carboxylic acids is 1. The molecular weight excluding hydrogens is 206 g/mol. The number of amides is 1. The number of nitrogens with zero attached hydrogens (tertiary/aromatic N) is 1. The molecule has 1 rings (SSSR count). The van der Waals surface area contributed by atoms with E-state index in [0.29, 0.717) is 13.1 Å². The minimum atomic E-state index is -0.771. The molecule has 0 radical (unpaired) electrons. The molecule has 1 aliphatic heterocycles. The Morgan fingerprint density at radius 1 is 1.62 bits per heavy atom. The fraction of sp³-hybridized carbons (Fsp3) is 0.750. The molecule has 4 heteroatoms. The fourth-order valence-corrected chi connectivity index (χ4v) is 1.67. The van der Waals surface area contributed by atoms with Crippen LogP contribution in [0.1, 0.15) is 27.2 Å². The van der Waals surface area contributed by atoms with Gasteiger partial charge in [0.15, 0.2) is 0 Å². The van der Waals surface area contributed by atoms with E-state index < -0.39 is 11.7 Å². The highest BCUT2D eigenvalue weighted by molar-refractivity contribution is 5.68. The fourth-order valence-electron chi connectivity index (χ4n) is 1.67. The summed E-state index contributed by atoms with van der Waals surface area (Å²) in [6.07, 6.45) is 4.76. The Hall–Kier alpha value is -1.21. The summed E-state index contributed by atoms with van der Waals surface area (Å²) < 4.78 is 5.24. The lowest BCUT2D eigenvalue weighted by Crippen LogP contribution is -2.36. The van der Waals surface area contributed by atoms with Gasteiger partial charge in [0.25, 0.3) is 0 Å². The number of rotatable bonds is 1. The molecule has 0 aromatic rings. The molecule has 1 heterocycles. The molecule has 1 amide bonds. The maximum Gasteiger partial charge on any atom is 0.410 e. The van der Waals surface area contributed by atoms with Crippen molar-refractivity contribution in [2.75, 3.05) is 13.1 Å². The van der Waals surface area contributed by atoms with Crippen molar-refractivity contribution in [3.8, 4) is 12.3 Å². The van der Waals surface area contributed by atoms with Gasteiger partial charge in [0.2, 0.25) is 0 Å². The van der Waals surface area contributed by atoms with Crippen LogP contribution >= 0.6 is 0 Å². The van der Waals surface area contributed by atoms with Crippen LogP contribution in [0.3, 0.4) is 0 Å². The Morgan fingerprint density at radius 3 is 2.75 bits per heavy atom. The summed E-state index contributed by atoms with van der Waals surface area (Å²) in [5.41, 5.74) is -0.486. The molecule has 1 unspecified atom stereocenters. The lowest BCUT2D eigenvalue weighted by atomic mass is 10.0. The molecule has 0 spiro atoms. The molecule has 0 bridgehead atoms. The van der Waals surface area contributed by atoms with Crippen molar-refractivity contribution in [1.82, 2.24) is 4.90 Å². The average Bonchev–Trinajstić information content (AvgIpc) is 2.62. The summed E-state index contributed by atoms with van der Waals surface area (Å²) >= 11 is 0. The van der Waals surface area contributed by atoms with Gasteiger partial charge in [0, 0.05) is 19.0 Å². The van der Waals surface area contributed by atoms with Crippen LogP contribution in [0.15, 0.2) is 0 Å². The first-order chi connectivity index (χ1) is 7.33. The van der Waals surface area contributed by atoms with Gasteiger partial charge in [0.05, 0.1) is 0 Å². The van der Waals surface area contributed by atoms with Crippen LogP contribution in [-0.2, 0) is 4.74 Å². The standard InChI is InChI=1S/C12H19NO3/c1-5-10(14)9-6-7-13(8-9)11(15)16-12(2,3)4/h1,9-10,14H,6-8H2,2-4H3/t9?,10-/m1/s1. The molecule has 0 aromatic carbocycles. The highest BCUT2D eigenvalue weighted by Gasteiger charge is 2.32. The monoisotopic (exact) mass is 225 g/mol. The number of hydrogen-bond acceptors (Lipinski definition) is 3. The van der Waals surface area contributed by atoms with E-state index in [2.05, 4.69) is 5.92 Å². The van der Waals surface area contributed by atoms with E-state index in [1.807, 2.05) is 20.8 Å². The van der Waals surface area contributed by atoms with Crippen LogP contribution in [0.5, 0.6) is 0 Å². The van der Waals surface area contributed by atoms with Gasteiger partial charge >= 0.3 is 6.09 Å². The van der Waals surface area contributed by atoms with Crippen LogP contribution in [-0.4, -0.2) is 40.9 Å². The Bertz CT molecular complexity index is 300. The minimum Gasteiger partial charge on any atom is -0.444 e. The first-order valence-electron chi connectivity index (χ1n) is 5.45. The molecule has 1 aliphatic rings. The lowest BCUT2D eigenvalue weighted by Gasteiger charge is -2.24. The smallest absolute Gasteiger partial charge is 0.410 e. The van der Waals surface area contributed by atoms with Crippen molar-refractivity contribution < 1.29 is 14.6 Å². The first-order valence-corrected chi connectivity index (χ1v) is 5.45. The lowest BCUT2D eigenvalue weighted by molar-refractivity contribution is 0.0278. The van der Waals surface area contributed by atoms with Crippen molar-refractivity contribution in [3.63, 3.8) is 0 Å². The third-order valence-corrected chi connectivity index (χ3v) is 2.49. The third kappa shape index (κ3) is 3.42. The van der Waals surface area contributed by atoms with E-state index >= 15 is 0 Å². The normalized spacial score (nSPS) is 22.7. The second-order valence-corrected chi connectivity index (χ2v) is 5.09. The van der Waals surface area contributed by atoms with Gasteiger partial charge in [-0.2, -0.15) is 0 Å². The number of terminal acetylenes is 1. The molecule has 4 nitrogen and oxygen atoms in total. The van der Waals surface area contributed by atoms with Gasteiger partial charge in [-0.15, -0.1) is 6.42 Å². The van der Waals surface area contributed by atoms with Crippen LogP contribution in [0.2, 0.25) is 0 Å². The van der Waals surface area contributed by atoms with Crippen molar-refractivity contribution in [2.24, 2.45) is 5.92 Å². The molecule has 1 saturated heterocycles. The number of aliphatic hydroxyl groups excluding tert-OH is 1. The van der Waals surface area contributed by atoms with Crippen LogP contribution in [0.25, 0.3) is 0 Å². The predicted molar refractivity (Wildman–Crippen MR) is 60.8 cm³/mol. The Kier molecular flexibility index (Phi) is 3.82. The molecule has 16 heavy (non-hydrogen) atoms. The highest BCUT2D eigenvalue weighted by atomic mass is 16.6. The van der Waals surface area contributed by atoms with E-state index in [4.69, 9.17) is 11.2 Å². The number of hydrogen-bond donors (Lipinski definition) is 1. The largest absolute Gasteiger partial charge is 0.444 e. The summed E-state index contributed by atoms with van der Waals surface area (Å²) in [6, 6.07) is 0. The van der Waals surface area contributed by atoms with Crippen molar-refractivity contribution >= 4 is 6.09 Å². The maximum absolute atomic E-state index is 11.7.